The quantitative estimate of drug-likeness (QED) is 0.583. The predicted molar refractivity (Wildman–Crippen MR) is 112 cm³/mol. The van der Waals surface area contributed by atoms with Gasteiger partial charge >= 0.3 is 12.0 Å². The van der Waals surface area contributed by atoms with Gasteiger partial charge in [0.1, 0.15) is 5.75 Å². The van der Waals surface area contributed by atoms with Gasteiger partial charge in [-0.3, -0.25) is 0 Å². The lowest BCUT2D eigenvalue weighted by atomic mass is 9.82. The first-order valence-electron chi connectivity index (χ1n) is 10.5. The minimum atomic E-state index is 0.515. The van der Waals surface area contributed by atoms with Crippen LogP contribution in [0.3, 0.4) is 0 Å². The summed E-state index contributed by atoms with van der Waals surface area (Å²) in [6.45, 7) is 6.46. The Kier molecular flexibility index (Phi) is 5.10. The van der Waals surface area contributed by atoms with E-state index in [1.807, 2.05) is 36.7 Å². The Bertz CT molecular complexity index is 1020. The molecule has 8 nitrogen and oxygen atoms in total. The van der Waals surface area contributed by atoms with Crippen molar-refractivity contribution < 1.29 is 9.15 Å². The standard InChI is InChI=1S/C21H25ClN6O2/c1-3-28-20(30-17-6-4-5-16(22)9-17)23-19(26-28)10-18-14-7-8-15(18)12-27(11-14)21-25-24-13(2)29-21/h4-6,9,14-15,18H,3,7-8,10-12H2,1-2H3. The van der Waals surface area contributed by atoms with Crippen molar-refractivity contribution in [3.63, 3.8) is 0 Å². The molecule has 2 bridgehead atoms. The lowest BCUT2D eigenvalue weighted by molar-refractivity contribution is 0.257. The maximum Gasteiger partial charge on any atom is 0.320 e. The third-order valence-electron chi connectivity index (χ3n) is 6.22. The van der Waals surface area contributed by atoms with Gasteiger partial charge in [-0.2, -0.15) is 10.1 Å². The smallest absolute Gasteiger partial charge is 0.320 e. The van der Waals surface area contributed by atoms with E-state index in [4.69, 9.17) is 30.8 Å². The second-order valence-electron chi connectivity index (χ2n) is 8.16. The van der Waals surface area contributed by atoms with Crippen molar-refractivity contribution >= 4 is 17.6 Å². The minimum Gasteiger partial charge on any atom is -0.424 e. The molecule has 2 unspecified atom stereocenters. The molecule has 1 aliphatic heterocycles. The molecule has 0 radical (unpaired) electrons. The summed E-state index contributed by atoms with van der Waals surface area (Å²) in [5.41, 5.74) is 0. The molecule has 3 aromatic rings. The molecule has 3 heterocycles. The Morgan fingerprint density at radius 2 is 2.00 bits per heavy atom. The van der Waals surface area contributed by atoms with Gasteiger partial charge in [0.15, 0.2) is 5.82 Å². The zero-order valence-corrected chi connectivity index (χ0v) is 17.9. The molecule has 1 saturated heterocycles. The zero-order chi connectivity index (χ0) is 20.7. The van der Waals surface area contributed by atoms with Crippen LogP contribution in [0.4, 0.5) is 6.01 Å². The number of rotatable bonds is 6. The molecular formula is C21H25ClN6O2. The van der Waals surface area contributed by atoms with E-state index in [2.05, 4.69) is 15.1 Å². The first-order chi connectivity index (χ1) is 14.6. The van der Waals surface area contributed by atoms with Crippen LogP contribution >= 0.6 is 11.6 Å². The Hall–Kier alpha value is -2.61. The Balaban J connectivity index is 1.30. The maximum absolute atomic E-state index is 6.07. The van der Waals surface area contributed by atoms with Gasteiger partial charge in [0, 0.05) is 38.0 Å². The van der Waals surface area contributed by atoms with Crippen LogP contribution in [-0.4, -0.2) is 38.1 Å². The van der Waals surface area contributed by atoms with E-state index >= 15 is 0 Å². The van der Waals surface area contributed by atoms with E-state index in [0.717, 1.165) is 25.3 Å². The molecule has 0 N–H and O–H groups in total. The summed E-state index contributed by atoms with van der Waals surface area (Å²) in [6.07, 6.45) is 3.31. The first kappa shape index (κ1) is 19.4. The first-order valence-corrected chi connectivity index (χ1v) is 10.9. The number of hydrogen-bond acceptors (Lipinski definition) is 7. The summed E-state index contributed by atoms with van der Waals surface area (Å²) < 4.78 is 13.4. The average molecular weight is 429 g/mol. The van der Waals surface area contributed by atoms with E-state index in [1.54, 1.807) is 6.07 Å². The van der Waals surface area contributed by atoms with Gasteiger partial charge in [-0.05, 0) is 55.7 Å². The molecular weight excluding hydrogens is 404 g/mol. The highest BCUT2D eigenvalue weighted by Gasteiger charge is 2.43. The fourth-order valence-corrected chi connectivity index (χ4v) is 5.01. The van der Waals surface area contributed by atoms with Crippen molar-refractivity contribution in [1.82, 2.24) is 25.0 Å². The molecule has 2 aromatic heterocycles. The number of ether oxygens (including phenoxy) is 1. The topological polar surface area (TPSA) is 82.1 Å². The van der Waals surface area contributed by atoms with E-state index in [9.17, 15) is 0 Å². The van der Waals surface area contributed by atoms with Crippen molar-refractivity contribution in [3.05, 3.63) is 41.0 Å². The lowest BCUT2D eigenvalue weighted by Gasteiger charge is -2.36. The van der Waals surface area contributed by atoms with Gasteiger partial charge in [-0.25, -0.2) is 4.68 Å². The van der Waals surface area contributed by atoms with Crippen molar-refractivity contribution in [2.24, 2.45) is 17.8 Å². The summed E-state index contributed by atoms with van der Waals surface area (Å²) in [5.74, 6) is 3.86. The number of benzene rings is 1. The monoisotopic (exact) mass is 428 g/mol. The second kappa shape index (κ2) is 7.91. The predicted octanol–water partition coefficient (Wildman–Crippen LogP) is 4.14. The summed E-state index contributed by atoms with van der Waals surface area (Å²) in [7, 11) is 0. The summed E-state index contributed by atoms with van der Waals surface area (Å²) >= 11 is 6.07. The fraction of sp³-hybridized carbons (Fsp3) is 0.524. The molecule has 2 fully saturated rings. The van der Waals surface area contributed by atoms with Gasteiger partial charge in [-0.1, -0.05) is 22.8 Å². The molecule has 1 aliphatic carbocycles. The largest absolute Gasteiger partial charge is 0.424 e. The molecule has 1 aromatic carbocycles. The summed E-state index contributed by atoms with van der Waals surface area (Å²) in [4.78, 5) is 6.95. The van der Waals surface area contributed by atoms with Crippen molar-refractivity contribution in [1.29, 1.82) is 0 Å². The fourth-order valence-electron chi connectivity index (χ4n) is 4.83. The van der Waals surface area contributed by atoms with E-state index in [-0.39, 0.29) is 0 Å². The van der Waals surface area contributed by atoms with Gasteiger partial charge in [0.2, 0.25) is 5.89 Å². The number of anilines is 1. The Morgan fingerprint density at radius 3 is 2.67 bits per heavy atom. The van der Waals surface area contributed by atoms with Gasteiger partial charge in [-0.15, -0.1) is 5.10 Å². The molecule has 0 amide bonds. The van der Waals surface area contributed by atoms with Crippen LogP contribution in [0.2, 0.25) is 5.02 Å². The molecule has 158 valence electrons. The van der Waals surface area contributed by atoms with E-state index < -0.39 is 0 Å². The van der Waals surface area contributed by atoms with Crippen molar-refractivity contribution in [3.8, 4) is 11.8 Å². The van der Waals surface area contributed by atoms with Crippen LogP contribution in [0.25, 0.3) is 0 Å². The van der Waals surface area contributed by atoms with Crippen LogP contribution in [0.5, 0.6) is 11.8 Å². The lowest BCUT2D eigenvalue weighted by Crippen LogP contribution is -2.43. The molecule has 0 spiro atoms. The van der Waals surface area contributed by atoms with Crippen LogP contribution in [0.15, 0.2) is 28.7 Å². The number of aryl methyl sites for hydroxylation is 2. The Morgan fingerprint density at radius 1 is 1.20 bits per heavy atom. The molecule has 2 aliphatic rings. The molecule has 9 heteroatoms. The number of aromatic nitrogens is 5. The maximum atomic E-state index is 6.07. The van der Waals surface area contributed by atoms with Crippen LogP contribution < -0.4 is 9.64 Å². The molecule has 30 heavy (non-hydrogen) atoms. The normalized spacial score (nSPS) is 23.2. The van der Waals surface area contributed by atoms with E-state index in [1.165, 1.54) is 12.8 Å². The van der Waals surface area contributed by atoms with Crippen LogP contribution in [0, 0.1) is 24.7 Å². The summed E-state index contributed by atoms with van der Waals surface area (Å²) in [5, 5.41) is 13.5. The molecule has 5 rings (SSSR count). The van der Waals surface area contributed by atoms with Gasteiger partial charge in [0.05, 0.1) is 0 Å². The molecule has 1 saturated carbocycles. The highest BCUT2D eigenvalue weighted by Crippen LogP contribution is 2.44. The third kappa shape index (κ3) is 3.76. The third-order valence-corrected chi connectivity index (χ3v) is 6.45. The van der Waals surface area contributed by atoms with E-state index in [0.29, 0.717) is 53.0 Å². The number of nitrogens with zero attached hydrogens (tertiary/aromatic N) is 6. The van der Waals surface area contributed by atoms with Crippen molar-refractivity contribution in [2.75, 3.05) is 18.0 Å². The van der Waals surface area contributed by atoms with Crippen LogP contribution in [0.1, 0.15) is 31.5 Å². The highest BCUT2D eigenvalue weighted by molar-refractivity contribution is 6.30. The molecule has 2 atom stereocenters. The second-order valence-corrected chi connectivity index (χ2v) is 8.60. The van der Waals surface area contributed by atoms with Crippen molar-refractivity contribution in [2.45, 2.75) is 39.7 Å². The van der Waals surface area contributed by atoms with Gasteiger partial charge in [0.25, 0.3) is 0 Å². The minimum absolute atomic E-state index is 0.515. The number of fused-ring (bicyclic) bond motifs is 2. The van der Waals surface area contributed by atoms with Crippen LogP contribution in [-0.2, 0) is 13.0 Å². The Labute approximate surface area is 180 Å². The average Bonchev–Trinajstić information content (AvgIpc) is 3.38. The SMILES string of the molecule is CCn1nc(CC2C3CCC2CN(c2nnc(C)o2)C3)nc1Oc1cccc(Cl)c1. The summed E-state index contributed by atoms with van der Waals surface area (Å²) in [6, 6.07) is 8.50. The number of hydrogen-bond donors (Lipinski definition) is 0. The van der Waals surface area contributed by atoms with Gasteiger partial charge < -0.3 is 14.1 Å². The number of piperidine rings is 1. The zero-order valence-electron chi connectivity index (χ0n) is 17.2. The number of halogens is 1. The highest BCUT2D eigenvalue weighted by atomic mass is 35.5.